The Labute approximate surface area is 194 Å². The molecule has 3 fully saturated rings. The van der Waals surface area contributed by atoms with Crippen LogP contribution in [0.2, 0.25) is 0 Å². The van der Waals surface area contributed by atoms with Crippen molar-refractivity contribution < 1.29 is 19.1 Å². The van der Waals surface area contributed by atoms with E-state index in [0.717, 1.165) is 43.4 Å². The molecule has 180 valence electrons. The molecule has 0 aliphatic heterocycles. The van der Waals surface area contributed by atoms with Gasteiger partial charge in [0.2, 0.25) is 0 Å². The fraction of sp³-hybridized carbons (Fsp3) is 0.857. The number of carbonyl (C=O) groups is 2. The third-order valence-electron chi connectivity index (χ3n) is 10.3. The van der Waals surface area contributed by atoms with Gasteiger partial charge in [0.15, 0.2) is 0 Å². The smallest absolute Gasteiger partial charge is 0.302 e. The van der Waals surface area contributed by atoms with Gasteiger partial charge in [0.1, 0.15) is 6.10 Å². The number of rotatable bonds is 6. The van der Waals surface area contributed by atoms with Gasteiger partial charge in [-0.1, -0.05) is 32.9 Å². The average molecular weight is 445 g/mol. The van der Waals surface area contributed by atoms with Gasteiger partial charge in [-0.3, -0.25) is 9.59 Å². The molecule has 3 saturated carbocycles. The van der Waals surface area contributed by atoms with Crippen LogP contribution < -0.4 is 0 Å². The first-order chi connectivity index (χ1) is 15.1. The lowest BCUT2D eigenvalue weighted by molar-refractivity contribution is -0.154. The quantitative estimate of drug-likeness (QED) is 0.273. The maximum absolute atomic E-state index is 11.5. The molecule has 0 aromatic carbocycles. The Hall–Kier alpha value is -1.32. The van der Waals surface area contributed by atoms with Gasteiger partial charge in [-0.2, -0.15) is 0 Å². The molecule has 4 nitrogen and oxygen atoms in total. The van der Waals surface area contributed by atoms with Crippen molar-refractivity contribution in [2.24, 2.45) is 46.3 Å². The third-order valence-corrected chi connectivity index (χ3v) is 10.3. The molecule has 9 atom stereocenters. The molecular formula is C28H44O4. The first-order valence-corrected chi connectivity index (χ1v) is 13.1. The van der Waals surface area contributed by atoms with E-state index in [4.69, 9.17) is 9.47 Å². The van der Waals surface area contributed by atoms with Crippen LogP contribution in [0.3, 0.4) is 0 Å². The molecule has 0 spiro atoms. The van der Waals surface area contributed by atoms with Crippen LogP contribution in [0, 0.1) is 46.3 Å². The van der Waals surface area contributed by atoms with Gasteiger partial charge < -0.3 is 9.47 Å². The van der Waals surface area contributed by atoms with Crippen LogP contribution in [-0.2, 0) is 19.1 Å². The van der Waals surface area contributed by atoms with E-state index in [2.05, 4.69) is 32.9 Å². The second kappa shape index (κ2) is 9.14. The number of fused-ring (bicyclic) bond motifs is 5. The largest absolute Gasteiger partial charge is 0.466 e. The summed E-state index contributed by atoms with van der Waals surface area (Å²) < 4.78 is 10.8. The van der Waals surface area contributed by atoms with Gasteiger partial charge in [0, 0.05) is 13.8 Å². The van der Waals surface area contributed by atoms with Crippen molar-refractivity contribution in [1.29, 1.82) is 0 Å². The second-order valence-electron chi connectivity index (χ2n) is 12.0. The lowest BCUT2D eigenvalue weighted by atomic mass is 9.46. The molecule has 4 heteroatoms. The zero-order valence-corrected chi connectivity index (χ0v) is 20.9. The molecule has 0 aromatic rings. The van der Waals surface area contributed by atoms with Crippen LogP contribution in [0.15, 0.2) is 12.2 Å². The summed E-state index contributed by atoms with van der Waals surface area (Å²) in [5.74, 6) is 4.04. The van der Waals surface area contributed by atoms with E-state index >= 15 is 0 Å². The Morgan fingerprint density at radius 1 is 1.06 bits per heavy atom. The first kappa shape index (κ1) is 23.8. The molecule has 0 bridgehead atoms. The number of hydrogen-bond donors (Lipinski definition) is 0. The van der Waals surface area contributed by atoms with Crippen LogP contribution in [0.1, 0.15) is 92.4 Å². The maximum Gasteiger partial charge on any atom is 0.302 e. The van der Waals surface area contributed by atoms with Crippen molar-refractivity contribution in [2.75, 3.05) is 6.61 Å². The molecule has 0 saturated heterocycles. The third kappa shape index (κ3) is 4.28. The molecule has 0 heterocycles. The van der Waals surface area contributed by atoms with Crippen molar-refractivity contribution in [1.82, 2.24) is 0 Å². The summed E-state index contributed by atoms with van der Waals surface area (Å²) in [6.07, 6.45) is 16.1. The van der Waals surface area contributed by atoms with Crippen LogP contribution in [-0.4, -0.2) is 24.6 Å². The van der Waals surface area contributed by atoms with E-state index in [1.165, 1.54) is 39.0 Å². The number of esters is 2. The fourth-order valence-electron chi connectivity index (χ4n) is 8.69. The summed E-state index contributed by atoms with van der Waals surface area (Å²) >= 11 is 0. The normalized spacial score (nSPS) is 43.5. The van der Waals surface area contributed by atoms with Gasteiger partial charge in [0.05, 0.1) is 6.61 Å². The summed E-state index contributed by atoms with van der Waals surface area (Å²) in [5, 5.41) is 0. The highest BCUT2D eigenvalue weighted by Crippen LogP contribution is 2.66. The van der Waals surface area contributed by atoms with Crippen molar-refractivity contribution in [2.45, 2.75) is 98.5 Å². The molecule has 0 N–H and O–H groups in total. The highest BCUT2D eigenvalue weighted by Gasteiger charge is 2.58. The van der Waals surface area contributed by atoms with E-state index < -0.39 is 0 Å². The molecule has 0 amide bonds. The maximum atomic E-state index is 11.5. The molecule has 4 aliphatic carbocycles. The number of allylic oxidation sites excluding steroid dienone is 2. The van der Waals surface area contributed by atoms with Crippen molar-refractivity contribution in [3.05, 3.63) is 12.2 Å². The predicted molar refractivity (Wildman–Crippen MR) is 126 cm³/mol. The van der Waals surface area contributed by atoms with E-state index in [1.54, 1.807) is 6.92 Å². The number of hydrogen-bond acceptors (Lipinski definition) is 4. The van der Waals surface area contributed by atoms with Crippen molar-refractivity contribution in [3.8, 4) is 0 Å². The Morgan fingerprint density at radius 2 is 1.84 bits per heavy atom. The van der Waals surface area contributed by atoms with Gasteiger partial charge in [-0.05, 0) is 104 Å². The molecule has 0 radical (unpaired) electrons. The summed E-state index contributed by atoms with van der Waals surface area (Å²) in [7, 11) is 0. The van der Waals surface area contributed by atoms with Crippen LogP contribution in [0.4, 0.5) is 0 Å². The van der Waals surface area contributed by atoms with Crippen LogP contribution in [0.5, 0.6) is 0 Å². The molecule has 32 heavy (non-hydrogen) atoms. The van der Waals surface area contributed by atoms with E-state index in [0.29, 0.717) is 35.2 Å². The SMILES string of the molecule is CC(=O)OCCC[C@@H](C)[C@H]1CC[C@H]2[C@@H]3CC[C@H]4C[C@H](OC(C)=O)CC[C@]4(C)[C@H]3C=C[C@]12C. The average Bonchev–Trinajstić information content (AvgIpc) is 3.08. The molecule has 0 unspecified atom stereocenters. The number of carbonyl (C=O) groups excluding carboxylic acids is 2. The van der Waals surface area contributed by atoms with Crippen LogP contribution in [0.25, 0.3) is 0 Å². The minimum atomic E-state index is -0.169. The summed E-state index contributed by atoms with van der Waals surface area (Å²) in [6, 6.07) is 0. The summed E-state index contributed by atoms with van der Waals surface area (Å²) in [4.78, 5) is 22.5. The van der Waals surface area contributed by atoms with Gasteiger partial charge >= 0.3 is 11.9 Å². The lowest BCUT2D eigenvalue weighted by Gasteiger charge is -2.59. The van der Waals surface area contributed by atoms with Crippen LogP contribution >= 0.6 is 0 Å². The summed E-state index contributed by atoms with van der Waals surface area (Å²) in [5.41, 5.74) is 0.658. The summed E-state index contributed by atoms with van der Waals surface area (Å²) in [6.45, 7) is 11.1. The minimum absolute atomic E-state index is 0.125. The van der Waals surface area contributed by atoms with Crippen molar-refractivity contribution >= 4 is 11.9 Å². The van der Waals surface area contributed by atoms with Gasteiger partial charge in [0.25, 0.3) is 0 Å². The molecule has 4 aliphatic rings. The Bertz CT molecular complexity index is 744. The Morgan fingerprint density at radius 3 is 2.56 bits per heavy atom. The van der Waals surface area contributed by atoms with Gasteiger partial charge in [-0.25, -0.2) is 0 Å². The minimum Gasteiger partial charge on any atom is -0.466 e. The predicted octanol–water partition coefficient (Wildman–Crippen LogP) is 6.33. The zero-order valence-electron chi connectivity index (χ0n) is 20.9. The fourth-order valence-corrected chi connectivity index (χ4v) is 8.69. The van der Waals surface area contributed by atoms with Gasteiger partial charge in [-0.15, -0.1) is 0 Å². The Kier molecular flexibility index (Phi) is 6.81. The van der Waals surface area contributed by atoms with E-state index in [1.807, 2.05) is 0 Å². The van der Waals surface area contributed by atoms with E-state index in [9.17, 15) is 9.59 Å². The zero-order chi connectivity index (χ0) is 23.1. The lowest BCUT2D eigenvalue weighted by Crippen LogP contribution is -2.52. The highest BCUT2D eigenvalue weighted by molar-refractivity contribution is 5.66. The Balaban J connectivity index is 1.45. The van der Waals surface area contributed by atoms with E-state index in [-0.39, 0.29) is 18.0 Å². The topological polar surface area (TPSA) is 52.6 Å². The first-order valence-electron chi connectivity index (χ1n) is 13.1. The highest BCUT2D eigenvalue weighted by atomic mass is 16.5. The molecule has 0 aromatic heterocycles. The second-order valence-corrected chi connectivity index (χ2v) is 12.0. The monoisotopic (exact) mass is 444 g/mol. The van der Waals surface area contributed by atoms with Crippen molar-refractivity contribution in [3.63, 3.8) is 0 Å². The molecular weight excluding hydrogens is 400 g/mol. The molecule has 4 rings (SSSR count). The number of ether oxygens (including phenoxy) is 2. The standard InChI is InChI=1S/C28H44O4/c1-18(7-6-16-31-19(2)29)24-10-11-25-23-9-8-21-17-22(32-20(3)30)12-14-27(21,4)26(23)13-15-28(24,25)5/h13,15,18,21-26H,6-12,14,16-17H2,1-5H3/t18-,21+,22-,23+,24-,25+,26+,27+,28-/m1/s1.